The summed E-state index contributed by atoms with van der Waals surface area (Å²) in [6.07, 6.45) is 0. The molecule has 0 saturated carbocycles. The quantitative estimate of drug-likeness (QED) is 0.590. The van der Waals surface area contributed by atoms with E-state index in [-0.39, 0.29) is 11.9 Å². The normalized spacial score (nSPS) is 12.5. The first-order valence-corrected chi connectivity index (χ1v) is 9.88. The fourth-order valence-corrected chi connectivity index (χ4v) is 3.85. The van der Waals surface area contributed by atoms with Crippen LogP contribution in [0.4, 0.5) is 0 Å². The molecule has 1 amide bonds. The van der Waals surface area contributed by atoms with Crippen LogP contribution >= 0.6 is 11.8 Å². The first-order chi connectivity index (χ1) is 13.0. The predicted octanol–water partition coefficient (Wildman–Crippen LogP) is 0.835. The average molecular weight is 386 g/mol. The van der Waals surface area contributed by atoms with Crippen LogP contribution in [0.1, 0.15) is 23.0 Å². The molecule has 2 heterocycles. The molecule has 1 atom stereocenters. The zero-order valence-electron chi connectivity index (χ0n) is 16.1. The second-order valence-corrected chi connectivity index (χ2v) is 7.73. The van der Waals surface area contributed by atoms with Gasteiger partial charge in [0.25, 0.3) is 5.78 Å². The van der Waals surface area contributed by atoms with Gasteiger partial charge in [-0.05, 0) is 19.9 Å². The lowest BCUT2D eigenvalue weighted by atomic mass is 10.1. The number of thioether (sulfide) groups is 1. The van der Waals surface area contributed by atoms with Gasteiger partial charge in [-0.2, -0.15) is 0 Å². The molecule has 3 rings (SSSR count). The number of carbonyl (C=O) groups excluding carboxylic acids is 1. The van der Waals surface area contributed by atoms with Crippen LogP contribution in [0.3, 0.4) is 0 Å². The Morgan fingerprint density at radius 3 is 2.67 bits per heavy atom. The first-order valence-electron chi connectivity index (χ1n) is 8.89. The van der Waals surface area contributed by atoms with Gasteiger partial charge in [-0.25, -0.2) is 4.98 Å². The van der Waals surface area contributed by atoms with Gasteiger partial charge in [0, 0.05) is 17.0 Å². The predicted molar refractivity (Wildman–Crippen MR) is 106 cm³/mol. The third-order valence-electron chi connectivity index (χ3n) is 4.40. The minimum atomic E-state index is -0.0170. The van der Waals surface area contributed by atoms with E-state index in [0.717, 1.165) is 11.4 Å². The third kappa shape index (κ3) is 4.64. The van der Waals surface area contributed by atoms with Crippen molar-refractivity contribution in [1.82, 2.24) is 24.9 Å². The fraction of sp³-hybridized carbons (Fsp3) is 0.368. The molecule has 0 spiro atoms. The van der Waals surface area contributed by atoms with Crippen molar-refractivity contribution in [2.24, 2.45) is 0 Å². The Balaban J connectivity index is 1.60. The van der Waals surface area contributed by atoms with Crippen LogP contribution in [0.15, 0.2) is 41.6 Å². The minimum absolute atomic E-state index is 0.0170. The van der Waals surface area contributed by atoms with E-state index in [9.17, 15) is 4.79 Å². The van der Waals surface area contributed by atoms with Crippen molar-refractivity contribution in [2.75, 3.05) is 26.4 Å². The van der Waals surface area contributed by atoms with E-state index >= 15 is 0 Å². The zero-order chi connectivity index (χ0) is 19.4. The molecule has 0 fully saturated rings. The standard InChI is InChI=1S/C19H24N6OS/c1-13-10-14(2)25-18(21-13)22-23-19(25)27-12-17(26)20-11-16(24(3)4)15-8-6-5-7-9-15/h5-10,16H,11-12H2,1-4H3,(H,20,26)/p+1/t16-/m0/s1. The highest BCUT2D eigenvalue weighted by atomic mass is 32.2. The van der Waals surface area contributed by atoms with Gasteiger partial charge in [-0.1, -0.05) is 42.1 Å². The Bertz CT molecular complexity index is 925. The van der Waals surface area contributed by atoms with Gasteiger partial charge in [0.1, 0.15) is 6.04 Å². The van der Waals surface area contributed by atoms with Crippen LogP contribution in [0.5, 0.6) is 0 Å². The molecule has 0 radical (unpaired) electrons. The summed E-state index contributed by atoms with van der Waals surface area (Å²) in [5, 5.41) is 12.0. The second kappa shape index (κ2) is 8.49. The number of hydrogen-bond acceptors (Lipinski definition) is 5. The van der Waals surface area contributed by atoms with Gasteiger partial charge in [0.05, 0.1) is 26.4 Å². The topological polar surface area (TPSA) is 76.6 Å². The molecule has 2 aromatic heterocycles. The first kappa shape index (κ1) is 19.3. The van der Waals surface area contributed by atoms with Crippen LogP contribution < -0.4 is 10.2 Å². The van der Waals surface area contributed by atoms with Gasteiger partial charge in [0.15, 0.2) is 5.16 Å². The van der Waals surface area contributed by atoms with Gasteiger partial charge in [-0.3, -0.25) is 9.20 Å². The van der Waals surface area contributed by atoms with Crippen molar-refractivity contribution in [3.8, 4) is 0 Å². The summed E-state index contributed by atoms with van der Waals surface area (Å²) in [5.41, 5.74) is 3.12. The lowest BCUT2D eigenvalue weighted by Crippen LogP contribution is -3.07. The second-order valence-electron chi connectivity index (χ2n) is 6.79. The van der Waals surface area contributed by atoms with Crippen molar-refractivity contribution >= 4 is 23.4 Å². The maximum atomic E-state index is 12.4. The summed E-state index contributed by atoms with van der Waals surface area (Å²) in [7, 11) is 4.19. The van der Waals surface area contributed by atoms with E-state index in [1.807, 2.05) is 42.5 Å². The molecule has 2 N–H and O–H groups in total. The van der Waals surface area contributed by atoms with E-state index in [1.54, 1.807) is 0 Å². The summed E-state index contributed by atoms with van der Waals surface area (Å²) in [6.45, 7) is 4.50. The van der Waals surface area contributed by atoms with Crippen LogP contribution in [0.2, 0.25) is 0 Å². The number of likely N-dealkylation sites (N-methyl/N-ethyl adjacent to an activating group) is 1. The molecule has 1 aromatic carbocycles. The Hall–Kier alpha value is -2.45. The molecule has 7 nitrogen and oxygen atoms in total. The zero-order valence-corrected chi connectivity index (χ0v) is 16.9. The number of aryl methyl sites for hydroxylation is 2. The molecule has 0 aliphatic heterocycles. The molecule has 8 heteroatoms. The van der Waals surface area contributed by atoms with Crippen molar-refractivity contribution in [2.45, 2.75) is 25.0 Å². The lowest BCUT2D eigenvalue weighted by Gasteiger charge is -2.22. The summed E-state index contributed by atoms with van der Waals surface area (Å²) in [6, 6.07) is 12.4. The highest BCUT2D eigenvalue weighted by Gasteiger charge is 2.19. The number of nitrogens with zero attached hydrogens (tertiary/aromatic N) is 4. The molecule has 3 aromatic rings. The fourth-order valence-electron chi connectivity index (χ4n) is 3.03. The van der Waals surface area contributed by atoms with E-state index in [1.165, 1.54) is 22.2 Å². The number of carbonyl (C=O) groups is 1. The SMILES string of the molecule is Cc1cc(C)n2c(SCC(=O)NC[C@@H](c3ccccc3)[NH+](C)C)nnc2n1. The summed E-state index contributed by atoms with van der Waals surface area (Å²) >= 11 is 1.37. The molecule has 0 aliphatic rings. The molecule has 0 bridgehead atoms. The summed E-state index contributed by atoms with van der Waals surface area (Å²) in [5.74, 6) is 0.839. The molecule has 0 saturated heterocycles. The number of quaternary nitrogens is 1. The Morgan fingerprint density at radius 1 is 1.22 bits per heavy atom. The Kier molecular flexibility index (Phi) is 6.08. The Labute approximate surface area is 163 Å². The molecular formula is C19H25N6OS+. The number of hydrogen-bond donors (Lipinski definition) is 2. The van der Waals surface area contributed by atoms with Crippen molar-refractivity contribution in [3.63, 3.8) is 0 Å². The van der Waals surface area contributed by atoms with Crippen LogP contribution in [0, 0.1) is 13.8 Å². The lowest BCUT2D eigenvalue weighted by molar-refractivity contribution is -0.890. The van der Waals surface area contributed by atoms with E-state index in [0.29, 0.717) is 23.2 Å². The molecule has 0 aliphatic carbocycles. The molecule has 27 heavy (non-hydrogen) atoms. The minimum Gasteiger partial charge on any atom is -0.349 e. The third-order valence-corrected chi connectivity index (χ3v) is 5.33. The number of rotatable bonds is 7. The van der Waals surface area contributed by atoms with Crippen LogP contribution in [0.25, 0.3) is 5.78 Å². The average Bonchev–Trinajstić information content (AvgIpc) is 3.04. The van der Waals surface area contributed by atoms with Gasteiger partial charge < -0.3 is 10.2 Å². The molecule has 142 valence electrons. The number of nitrogens with one attached hydrogen (secondary N) is 2. The maximum Gasteiger partial charge on any atom is 0.256 e. The molecule has 0 unspecified atom stereocenters. The number of fused-ring (bicyclic) bond motifs is 1. The highest BCUT2D eigenvalue weighted by Crippen LogP contribution is 2.18. The Morgan fingerprint density at radius 2 is 1.96 bits per heavy atom. The summed E-state index contributed by atoms with van der Waals surface area (Å²) in [4.78, 5) is 18.0. The molecular weight excluding hydrogens is 360 g/mol. The number of benzene rings is 1. The van der Waals surface area contributed by atoms with E-state index in [2.05, 4.69) is 46.7 Å². The van der Waals surface area contributed by atoms with Crippen molar-refractivity contribution in [1.29, 1.82) is 0 Å². The van der Waals surface area contributed by atoms with E-state index in [4.69, 9.17) is 0 Å². The monoisotopic (exact) mass is 385 g/mol. The number of amides is 1. The smallest absolute Gasteiger partial charge is 0.256 e. The van der Waals surface area contributed by atoms with Gasteiger partial charge in [0.2, 0.25) is 5.91 Å². The van der Waals surface area contributed by atoms with Gasteiger partial charge >= 0.3 is 0 Å². The summed E-state index contributed by atoms with van der Waals surface area (Å²) < 4.78 is 1.88. The maximum absolute atomic E-state index is 12.4. The highest BCUT2D eigenvalue weighted by molar-refractivity contribution is 7.99. The van der Waals surface area contributed by atoms with Crippen LogP contribution in [-0.4, -0.2) is 51.9 Å². The largest absolute Gasteiger partial charge is 0.349 e. The van der Waals surface area contributed by atoms with Gasteiger partial charge in [-0.15, -0.1) is 10.2 Å². The van der Waals surface area contributed by atoms with Crippen molar-refractivity contribution in [3.05, 3.63) is 53.3 Å². The van der Waals surface area contributed by atoms with Crippen molar-refractivity contribution < 1.29 is 9.69 Å². The van der Waals surface area contributed by atoms with Crippen LogP contribution in [-0.2, 0) is 4.79 Å². The number of aromatic nitrogens is 4. The van der Waals surface area contributed by atoms with E-state index < -0.39 is 0 Å².